The Balaban J connectivity index is 1.91. The highest BCUT2D eigenvalue weighted by molar-refractivity contribution is 7.92. The fourth-order valence-electron chi connectivity index (χ4n) is 4.30. The van der Waals surface area contributed by atoms with E-state index in [1.54, 1.807) is 37.3 Å². The van der Waals surface area contributed by atoms with Crippen LogP contribution in [0.15, 0.2) is 36.4 Å². The molecule has 0 spiro atoms. The fourth-order valence-corrected chi connectivity index (χ4v) is 5.47. The second-order valence-electron chi connectivity index (χ2n) is 9.47. The second kappa shape index (κ2) is 11.8. The van der Waals surface area contributed by atoms with Gasteiger partial charge in [0.05, 0.1) is 22.0 Å². The lowest BCUT2D eigenvalue weighted by atomic mass is 10.1. The van der Waals surface area contributed by atoms with Crippen molar-refractivity contribution in [2.75, 3.05) is 17.1 Å². The van der Waals surface area contributed by atoms with Crippen LogP contribution >= 0.6 is 23.2 Å². The lowest BCUT2D eigenvalue weighted by Crippen LogP contribution is -2.52. The molecule has 2 aromatic rings. The Morgan fingerprint density at radius 3 is 2.28 bits per heavy atom. The molecule has 0 bridgehead atoms. The molecular weight excluding hydrogens is 521 g/mol. The van der Waals surface area contributed by atoms with E-state index in [9.17, 15) is 18.0 Å². The topological polar surface area (TPSA) is 86.8 Å². The highest BCUT2D eigenvalue weighted by atomic mass is 35.5. The summed E-state index contributed by atoms with van der Waals surface area (Å²) in [5, 5.41) is 3.75. The van der Waals surface area contributed by atoms with Gasteiger partial charge in [-0.05, 0) is 74.6 Å². The van der Waals surface area contributed by atoms with Crippen LogP contribution in [0.4, 0.5) is 5.69 Å². The van der Waals surface area contributed by atoms with E-state index in [0.29, 0.717) is 21.3 Å². The van der Waals surface area contributed by atoms with E-state index in [-0.39, 0.29) is 18.5 Å². The molecule has 0 aromatic heterocycles. The summed E-state index contributed by atoms with van der Waals surface area (Å²) in [6.07, 6.45) is 5.01. The average molecular weight is 555 g/mol. The van der Waals surface area contributed by atoms with E-state index in [4.69, 9.17) is 23.2 Å². The fraction of sp³-hybridized carbons (Fsp3) is 0.462. The number of carbonyl (C=O) groups excluding carboxylic acids is 2. The SMILES string of the molecule is Cc1ccc(N(CC(=O)N(Cc2ccc(Cl)c(Cl)c2)[C@H](C)C(=O)NC2CCCC2)S(C)(=O)=O)cc1C. The second-order valence-corrected chi connectivity index (χ2v) is 12.2. The number of nitrogens with zero attached hydrogens (tertiary/aromatic N) is 2. The minimum atomic E-state index is -3.78. The van der Waals surface area contributed by atoms with Crippen LogP contribution in [0.25, 0.3) is 0 Å². The first-order valence-electron chi connectivity index (χ1n) is 12.0. The van der Waals surface area contributed by atoms with Gasteiger partial charge in [0.1, 0.15) is 12.6 Å². The normalized spacial score (nSPS) is 14.9. The van der Waals surface area contributed by atoms with Crippen molar-refractivity contribution in [3.63, 3.8) is 0 Å². The minimum Gasteiger partial charge on any atom is -0.352 e. The number of sulfonamides is 1. The minimum absolute atomic E-state index is 0.0690. The molecule has 2 aromatic carbocycles. The lowest BCUT2D eigenvalue weighted by Gasteiger charge is -2.32. The highest BCUT2D eigenvalue weighted by Crippen LogP contribution is 2.25. The van der Waals surface area contributed by atoms with Crippen molar-refractivity contribution in [3.05, 3.63) is 63.1 Å². The Bertz CT molecular complexity index is 1230. The third-order valence-electron chi connectivity index (χ3n) is 6.66. The van der Waals surface area contributed by atoms with E-state index in [1.165, 1.54) is 4.90 Å². The molecule has 7 nitrogen and oxygen atoms in total. The molecule has 3 rings (SSSR count). The molecule has 2 amide bonds. The van der Waals surface area contributed by atoms with Gasteiger partial charge < -0.3 is 10.2 Å². The molecule has 196 valence electrons. The first-order chi connectivity index (χ1) is 16.9. The monoisotopic (exact) mass is 553 g/mol. The maximum atomic E-state index is 13.6. The summed E-state index contributed by atoms with van der Waals surface area (Å²) in [5.74, 6) is -0.772. The number of nitrogens with one attached hydrogen (secondary N) is 1. The van der Waals surface area contributed by atoms with Crippen LogP contribution in [0.3, 0.4) is 0 Å². The maximum absolute atomic E-state index is 13.6. The van der Waals surface area contributed by atoms with Gasteiger partial charge in [-0.3, -0.25) is 13.9 Å². The van der Waals surface area contributed by atoms with Crippen LogP contribution in [0.1, 0.15) is 49.3 Å². The number of rotatable bonds is 9. The van der Waals surface area contributed by atoms with Crippen LogP contribution in [0, 0.1) is 13.8 Å². The van der Waals surface area contributed by atoms with Crippen molar-refractivity contribution in [3.8, 4) is 0 Å². The summed E-state index contributed by atoms with van der Waals surface area (Å²) in [5.41, 5.74) is 2.99. The van der Waals surface area contributed by atoms with Crippen molar-refractivity contribution in [1.82, 2.24) is 10.2 Å². The molecule has 1 aliphatic rings. The molecule has 0 unspecified atom stereocenters. The predicted molar refractivity (Wildman–Crippen MR) is 145 cm³/mol. The Morgan fingerprint density at radius 1 is 1.03 bits per heavy atom. The summed E-state index contributed by atoms with van der Waals surface area (Å²) in [6.45, 7) is 5.09. The number of anilines is 1. The molecule has 1 fully saturated rings. The number of aryl methyl sites for hydroxylation is 2. The predicted octanol–water partition coefficient (Wildman–Crippen LogP) is 4.85. The third-order valence-corrected chi connectivity index (χ3v) is 8.54. The zero-order valence-corrected chi connectivity index (χ0v) is 23.4. The molecule has 1 N–H and O–H groups in total. The van der Waals surface area contributed by atoms with Gasteiger partial charge in [-0.1, -0.05) is 48.2 Å². The Morgan fingerprint density at radius 2 is 1.69 bits per heavy atom. The zero-order valence-electron chi connectivity index (χ0n) is 21.1. The van der Waals surface area contributed by atoms with Gasteiger partial charge in [0, 0.05) is 12.6 Å². The molecule has 0 saturated heterocycles. The molecule has 0 radical (unpaired) electrons. The van der Waals surface area contributed by atoms with Gasteiger partial charge in [0.25, 0.3) is 0 Å². The van der Waals surface area contributed by atoms with Gasteiger partial charge in [0.15, 0.2) is 0 Å². The summed E-state index contributed by atoms with van der Waals surface area (Å²) in [4.78, 5) is 28.1. The molecule has 1 saturated carbocycles. The molecule has 0 heterocycles. The van der Waals surface area contributed by atoms with Gasteiger partial charge in [-0.25, -0.2) is 8.42 Å². The lowest BCUT2D eigenvalue weighted by molar-refractivity contribution is -0.139. The summed E-state index contributed by atoms with van der Waals surface area (Å²) in [7, 11) is -3.78. The molecular formula is C26H33Cl2N3O4S. The third kappa shape index (κ3) is 7.14. The highest BCUT2D eigenvalue weighted by Gasteiger charge is 2.31. The van der Waals surface area contributed by atoms with Crippen LogP contribution in [-0.2, 0) is 26.2 Å². The van der Waals surface area contributed by atoms with E-state index >= 15 is 0 Å². The summed E-state index contributed by atoms with van der Waals surface area (Å²) >= 11 is 12.2. The number of carbonyl (C=O) groups is 2. The largest absolute Gasteiger partial charge is 0.352 e. The van der Waals surface area contributed by atoms with Crippen molar-refractivity contribution in [2.45, 2.75) is 65.1 Å². The Labute approximate surface area is 223 Å². The quantitative estimate of drug-likeness (QED) is 0.480. The number of benzene rings is 2. The molecule has 1 atom stereocenters. The standard InChI is InChI=1S/C26H33Cl2N3O4S/c1-17-9-11-22(13-18(17)2)31(36(4,34)35)16-25(32)30(15-20-10-12-23(27)24(28)14-20)19(3)26(33)29-21-7-5-6-8-21/h9-14,19,21H,5-8,15-16H2,1-4H3,(H,29,33)/t19-/m1/s1. The van der Waals surface area contributed by atoms with Gasteiger partial charge in [-0.2, -0.15) is 0 Å². The first kappa shape index (κ1) is 28.3. The number of hydrogen-bond donors (Lipinski definition) is 1. The van der Waals surface area contributed by atoms with E-state index < -0.39 is 28.5 Å². The van der Waals surface area contributed by atoms with Crippen molar-refractivity contribution < 1.29 is 18.0 Å². The van der Waals surface area contributed by atoms with Crippen molar-refractivity contribution in [2.24, 2.45) is 0 Å². The molecule has 10 heteroatoms. The molecule has 36 heavy (non-hydrogen) atoms. The van der Waals surface area contributed by atoms with E-state index in [2.05, 4.69) is 5.32 Å². The van der Waals surface area contributed by atoms with Crippen LogP contribution in [0.2, 0.25) is 10.0 Å². The maximum Gasteiger partial charge on any atom is 0.244 e. The summed E-state index contributed by atoms with van der Waals surface area (Å²) in [6, 6.07) is 9.50. The zero-order chi connectivity index (χ0) is 26.6. The Hall–Kier alpha value is -2.29. The van der Waals surface area contributed by atoms with E-state index in [0.717, 1.165) is 47.4 Å². The van der Waals surface area contributed by atoms with Gasteiger partial charge >= 0.3 is 0 Å². The first-order valence-corrected chi connectivity index (χ1v) is 14.6. The van der Waals surface area contributed by atoms with Crippen molar-refractivity contribution in [1.29, 1.82) is 0 Å². The van der Waals surface area contributed by atoms with Crippen molar-refractivity contribution >= 4 is 50.7 Å². The van der Waals surface area contributed by atoms with Gasteiger partial charge in [-0.15, -0.1) is 0 Å². The average Bonchev–Trinajstić information content (AvgIpc) is 3.31. The Kier molecular flexibility index (Phi) is 9.30. The van der Waals surface area contributed by atoms with E-state index in [1.807, 2.05) is 19.9 Å². The number of hydrogen-bond acceptors (Lipinski definition) is 4. The smallest absolute Gasteiger partial charge is 0.244 e. The van der Waals surface area contributed by atoms with Crippen LogP contribution < -0.4 is 9.62 Å². The number of amides is 2. The van der Waals surface area contributed by atoms with Gasteiger partial charge in [0.2, 0.25) is 21.8 Å². The number of halogens is 2. The molecule has 1 aliphatic carbocycles. The summed E-state index contributed by atoms with van der Waals surface area (Å²) < 4.78 is 26.5. The van der Waals surface area contributed by atoms with Crippen LogP contribution in [-0.4, -0.2) is 50.0 Å². The molecule has 0 aliphatic heterocycles. The van der Waals surface area contributed by atoms with Crippen LogP contribution in [0.5, 0.6) is 0 Å².